The Labute approximate surface area is 122 Å². The number of carboxylic acids is 1. The van der Waals surface area contributed by atoms with Crippen LogP contribution in [0.1, 0.15) is 30.6 Å². The summed E-state index contributed by atoms with van der Waals surface area (Å²) >= 11 is 0. The number of carbonyl (C=O) groups excluding carboxylic acids is 2. The summed E-state index contributed by atoms with van der Waals surface area (Å²) in [5.41, 5.74) is 0.257. The van der Waals surface area contributed by atoms with Gasteiger partial charge in [0.25, 0.3) is 5.91 Å². The fraction of sp³-hybridized carbons (Fsp3) is 0.429. The smallest absolute Gasteiger partial charge is 0.326 e. The van der Waals surface area contributed by atoms with E-state index in [0.717, 1.165) is 0 Å². The summed E-state index contributed by atoms with van der Waals surface area (Å²) in [5.74, 6) is -2.84. The van der Waals surface area contributed by atoms with Crippen molar-refractivity contribution in [1.29, 1.82) is 0 Å². The fourth-order valence-corrected chi connectivity index (χ4v) is 1.77. The highest BCUT2D eigenvalue weighted by Crippen LogP contribution is 2.11. The van der Waals surface area contributed by atoms with Crippen molar-refractivity contribution in [2.24, 2.45) is 5.92 Å². The first-order chi connectivity index (χ1) is 9.95. The van der Waals surface area contributed by atoms with Gasteiger partial charge in [-0.25, -0.2) is 4.79 Å². The summed E-state index contributed by atoms with van der Waals surface area (Å²) in [4.78, 5) is 38.4. The molecule has 0 bridgehead atoms. The van der Waals surface area contributed by atoms with Crippen molar-refractivity contribution < 1.29 is 24.2 Å². The number of amides is 1. The second-order valence-corrected chi connectivity index (χ2v) is 4.52. The van der Waals surface area contributed by atoms with Crippen LogP contribution in [0.4, 0.5) is 0 Å². The molecule has 21 heavy (non-hydrogen) atoms. The molecule has 0 aliphatic heterocycles. The van der Waals surface area contributed by atoms with Crippen LogP contribution >= 0.6 is 0 Å². The van der Waals surface area contributed by atoms with Crippen molar-refractivity contribution in [3.05, 3.63) is 30.1 Å². The molecule has 0 fully saturated rings. The van der Waals surface area contributed by atoms with E-state index in [-0.39, 0.29) is 18.6 Å². The van der Waals surface area contributed by atoms with E-state index in [1.165, 1.54) is 18.5 Å². The SMILES string of the molecule is CCOC(=O)C[C@H](C)[C@H](NC(=O)c1cccnc1)C(=O)O. The molecule has 0 saturated heterocycles. The van der Waals surface area contributed by atoms with Gasteiger partial charge < -0.3 is 15.2 Å². The van der Waals surface area contributed by atoms with Crippen molar-refractivity contribution >= 4 is 17.8 Å². The van der Waals surface area contributed by atoms with E-state index in [1.807, 2.05) is 0 Å². The number of nitrogens with one attached hydrogen (secondary N) is 1. The quantitative estimate of drug-likeness (QED) is 0.722. The molecule has 0 saturated carbocycles. The number of carbonyl (C=O) groups is 3. The summed E-state index contributed by atoms with van der Waals surface area (Å²) in [7, 11) is 0. The van der Waals surface area contributed by atoms with Crippen LogP contribution in [0, 0.1) is 5.92 Å². The Morgan fingerprint density at radius 1 is 1.43 bits per heavy atom. The van der Waals surface area contributed by atoms with Gasteiger partial charge in [-0.15, -0.1) is 0 Å². The molecule has 7 nitrogen and oxygen atoms in total. The van der Waals surface area contributed by atoms with E-state index < -0.39 is 29.8 Å². The van der Waals surface area contributed by atoms with E-state index in [4.69, 9.17) is 4.74 Å². The Kier molecular flexibility index (Phi) is 6.32. The lowest BCUT2D eigenvalue weighted by molar-refractivity contribution is -0.145. The monoisotopic (exact) mass is 294 g/mol. The Morgan fingerprint density at radius 2 is 2.14 bits per heavy atom. The molecule has 2 atom stereocenters. The van der Waals surface area contributed by atoms with Crippen LogP contribution in [0.3, 0.4) is 0 Å². The molecular weight excluding hydrogens is 276 g/mol. The summed E-state index contributed by atoms with van der Waals surface area (Å²) in [5, 5.41) is 11.6. The van der Waals surface area contributed by atoms with E-state index in [1.54, 1.807) is 19.9 Å². The highest BCUT2D eigenvalue weighted by molar-refractivity contribution is 5.96. The lowest BCUT2D eigenvalue weighted by Crippen LogP contribution is -2.45. The van der Waals surface area contributed by atoms with E-state index in [9.17, 15) is 19.5 Å². The molecule has 0 aliphatic rings. The Hall–Kier alpha value is -2.44. The molecule has 7 heteroatoms. The second kappa shape index (κ2) is 7.98. The third kappa shape index (κ3) is 5.21. The molecule has 0 radical (unpaired) electrons. The molecule has 1 heterocycles. The molecule has 0 unspecified atom stereocenters. The number of hydrogen-bond donors (Lipinski definition) is 2. The van der Waals surface area contributed by atoms with E-state index >= 15 is 0 Å². The zero-order valence-electron chi connectivity index (χ0n) is 11.9. The van der Waals surface area contributed by atoms with Crippen molar-refractivity contribution in [2.75, 3.05) is 6.61 Å². The fourth-order valence-electron chi connectivity index (χ4n) is 1.77. The maximum Gasteiger partial charge on any atom is 0.326 e. The molecule has 2 N–H and O–H groups in total. The van der Waals surface area contributed by atoms with Crippen LogP contribution in [-0.2, 0) is 14.3 Å². The maximum atomic E-state index is 11.9. The first-order valence-electron chi connectivity index (χ1n) is 6.55. The van der Waals surface area contributed by atoms with Crippen LogP contribution in [0.25, 0.3) is 0 Å². The second-order valence-electron chi connectivity index (χ2n) is 4.52. The molecule has 0 aromatic carbocycles. The van der Waals surface area contributed by atoms with Gasteiger partial charge in [-0.3, -0.25) is 14.6 Å². The minimum atomic E-state index is -1.20. The molecular formula is C14H18N2O5. The molecule has 0 spiro atoms. The molecule has 0 aliphatic carbocycles. The maximum absolute atomic E-state index is 11.9. The topological polar surface area (TPSA) is 106 Å². The highest BCUT2D eigenvalue weighted by Gasteiger charge is 2.28. The van der Waals surface area contributed by atoms with Crippen molar-refractivity contribution in [1.82, 2.24) is 10.3 Å². The zero-order chi connectivity index (χ0) is 15.8. The van der Waals surface area contributed by atoms with Gasteiger partial charge in [-0.2, -0.15) is 0 Å². The Morgan fingerprint density at radius 3 is 2.67 bits per heavy atom. The van der Waals surface area contributed by atoms with E-state index in [2.05, 4.69) is 10.3 Å². The summed E-state index contributed by atoms with van der Waals surface area (Å²) in [6.07, 6.45) is 2.76. The van der Waals surface area contributed by atoms with Crippen LogP contribution < -0.4 is 5.32 Å². The van der Waals surface area contributed by atoms with Gasteiger partial charge in [0.15, 0.2) is 0 Å². The number of aromatic nitrogens is 1. The summed E-state index contributed by atoms with van der Waals surface area (Å²) in [6.45, 7) is 3.46. The normalized spacial score (nSPS) is 13.0. The van der Waals surface area contributed by atoms with Gasteiger partial charge in [0.05, 0.1) is 18.6 Å². The average molecular weight is 294 g/mol. The number of aliphatic carboxylic acids is 1. The van der Waals surface area contributed by atoms with Crippen LogP contribution in [0.15, 0.2) is 24.5 Å². The number of pyridine rings is 1. The van der Waals surface area contributed by atoms with Gasteiger partial charge >= 0.3 is 11.9 Å². The van der Waals surface area contributed by atoms with Crippen LogP contribution in [0.5, 0.6) is 0 Å². The first-order valence-corrected chi connectivity index (χ1v) is 6.55. The molecule has 1 rings (SSSR count). The number of hydrogen-bond acceptors (Lipinski definition) is 5. The third-order valence-corrected chi connectivity index (χ3v) is 2.84. The number of ether oxygens (including phenoxy) is 1. The van der Waals surface area contributed by atoms with Gasteiger partial charge in [0.2, 0.25) is 0 Å². The van der Waals surface area contributed by atoms with Gasteiger partial charge in [-0.1, -0.05) is 6.92 Å². The largest absolute Gasteiger partial charge is 0.480 e. The van der Waals surface area contributed by atoms with E-state index in [0.29, 0.717) is 0 Å². The molecule has 1 aromatic heterocycles. The Bertz CT molecular complexity index is 503. The third-order valence-electron chi connectivity index (χ3n) is 2.84. The van der Waals surface area contributed by atoms with Gasteiger partial charge in [0.1, 0.15) is 6.04 Å². The number of carboxylic acid groups (broad SMARTS) is 1. The Balaban J connectivity index is 2.71. The number of nitrogens with zero attached hydrogens (tertiary/aromatic N) is 1. The highest BCUT2D eigenvalue weighted by atomic mass is 16.5. The van der Waals surface area contributed by atoms with Gasteiger partial charge in [-0.05, 0) is 25.0 Å². The standard InChI is InChI=1S/C14H18N2O5/c1-3-21-11(17)7-9(2)12(14(19)20)16-13(18)10-5-4-6-15-8-10/h4-6,8-9,12H,3,7H2,1-2H3,(H,16,18)(H,19,20)/t9-,12-/m0/s1. The minimum Gasteiger partial charge on any atom is -0.480 e. The minimum absolute atomic E-state index is 0.0852. The number of rotatable bonds is 7. The zero-order valence-corrected chi connectivity index (χ0v) is 11.9. The number of esters is 1. The lowest BCUT2D eigenvalue weighted by Gasteiger charge is -2.20. The summed E-state index contributed by atoms with van der Waals surface area (Å²) < 4.78 is 4.78. The predicted octanol–water partition coefficient (Wildman–Crippen LogP) is 0.854. The molecule has 1 amide bonds. The van der Waals surface area contributed by atoms with Crippen LogP contribution in [0.2, 0.25) is 0 Å². The van der Waals surface area contributed by atoms with Gasteiger partial charge in [0, 0.05) is 12.4 Å². The summed E-state index contributed by atoms with van der Waals surface area (Å²) in [6, 6.07) is 1.92. The van der Waals surface area contributed by atoms with Crippen molar-refractivity contribution in [3.63, 3.8) is 0 Å². The van der Waals surface area contributed by atoms with Crippen molar-refractivity contribution in [3.8, 4) is 0 Å². The lowest BCUT2D eigenvalue weighted by atomic mass is 9.98. The first kappa shape index (κ1) is 16.6. The predicted molar refractivity (Wildman–Crippen MR) is 73.5 cm³/mol. The molecule has 1 aromatic rings. The van der Waals surface area contributed by atoms with Crippen molar-refractivity contribution in [2.45, 2.75) is 26.3 Å². The average Bonchev–Trinajstić information content (AvgIpc) is 2.45. The molecule has 114 valence electrons. The van der Waals surface area contributed by atoms with Crippen LogP contribution in [-0.4, -0.2) is 40.6 Å².